The van der Waals surface area contributed by atoms with Crippen molar-refractivity contribution in [2.45, 2.75) is 11.8 Å². The molecule has 0 fully saturated rings. The number of aryl methyl sites for hydroxylation is 2. The van der Waals surface area contributed by atoms with Gasteiger partial charge < -0.3 is 9.55 Å². The maximum atomic E-state index is 13.5. The number of terminal acetylenes is 1. The summed E-state index contributed by atoms with van der Waals surface area (Å²) in [4.78, 5) is 20.1. The van der Waals surface area contributed by atoms with Gasteiger partial charge >= 0.3 is 10.2 Å². The molecule has 2 aromatic carbocycles. The third-order valence-electron chi connectivity index (χ3n) is 5.76. The Labute approximate surface area is 182 Å². The number of fused-ring (bicyclic) bond motifs is 4. The lowest BCUT2D eigenvalue weighted by atomic mass is 9.98. The lowest BCUT2D eigenvalue weighted by molar-refractivity contribution is 0.551. The zero-order chi connectivity index (χ0) is 22.8. The molecule has 8 heteroatoms. The molecule has 0 aliphatic heterocycles. The number of pyridine rings is 2. The van der Waals surface area contributed by atoms with Crippen LogP contribution >= 0.6 is 0 Å². The number of rotatable bonds is 2. The van der Waals surface area contributed by atoms with E-state index in [-0.39, 0.29) is 5.43 Å². The Bertz CT molecular complexity index is 1810. The van der Waals surface area contributed by atoms with Crippen LogP contribution in [0.15, 0.2) is 58.5 Å². The van der Waals surface area contributed by atoms with Gasteiger partial charge in [-0.3, -0.25) is 9.78 Å². The minimum absolute atomic E-state index is 0.124. The van der Waals surface area contributed by atoms with Crippen molar-refractivity contribution in [2.75, 3.05) is 0 Å². The van der Waals surface area contributed by atoms with Gasteiger partial charge in [-0.1, -0.05) is 12.0 Å². The molecule has 3 aromatic heterocycles. The van der Waals surface area contributed by atoms with Crippen molar-refractivity contribution in [2.24, 2.45) is 7.05 Å². The fourth-order valence-electron chi connectivity index (χ4n) is 4.18. The second-order valence-corrected chi connectivity index (χ2v) is 9.02. The number of H-pyrrole nitrogens is 1. The van der Waals surface area contributed by atoms with Gasteiger partial charge in [-0.05, 0) is 48.4 Å². The Morgan fingerprint density at radius 1 is 1.12 bits per heavy atom. The summed E-state index contributed by atoms with van der Waals surface area (Å²) in [5, 5.41) is 1.87. The zero-order valence-electron chi connectivity index (χ0n) is 17.1. The molecule has 0 saturated heterocycles. The van der Waals surface area contributed by atoms with Gasteiger partial charge in [-0.2, -0.15) is 8.42 Å². The van der Waals surface area contributed by atoms with Crippen LogP contribution in [0.3, 0.4) is 0 Å². The fraction of sp³-hybridized carbons (Fsp3) is 0.0833. The van der Waals surface area contributed by atoms with Crippen LogP contribution in [0.25, 0.3) is 44.0 Å². The SMILES string of the molecule is C#Cc1ccc2c(c1)[nH]c1c2c(=O)c2cc(C)c(-c3cncc(S(=O)(=O)F)c3)cc2n1C. The van der Waals surface area contributed by atoms with Crippen LogP contribution in [-0.2, 0) is 17.3 Å². The van der Waals surface area contributed by atoms with Crippen LogP contribution in [0.4, 0.5) is 3.89 Å². The van der Waals surface area contributed by atoms with Crippen molar-refractivity contribution in [3.63, 3.8) is 0 Å². The third-order valence-corrected chi connectivity index (χ3v) is 6.55. The molecule has 5 aromatic rings. The summed E-state index contributed by atoms with van der Waals surface area (Å²) in [7, 11) is -3.06. The van der Waals surface area contributed by atoms with Gasteiger partial charge in [-0.25, -0.2) is 0 Å². The summed E-state index contributed by atoms with van der Waals surface area (Å²) in [5.41, 5.74) is 4.44. The first kappa shape index (κ1) is 20.0. The molecule has 158 valence electrons. The molecule has 0 aliphatic rings. The van der Waals surface area contributed by atoms with E-state index >= 15 is 0 Å². The van der Waals surface area contributed by atoms with Gasteiger partial charge in [0.25, 0.3) is 0 Å². The Kier molecular flexibility index (Phi) is 4.23. The summed E-state index contributed by atoms with van der Waals surface area (Å²) in [5.74, 6) is 2.59. The molecule has 0 spiro atoms. The highest BCUT2D eigenvalue weighted by Crippen LogP contribution is 2.31. The Hall–Kier alpha value is -3.96. The molecular formula is C24H16FN3O3S. The summed E-state index contributed by atoms with van der Waals surface area (Å²) in [6, 6.07) is 10.2. The van der Waals surface area contributed by atoms with E-state index in [1.54, 1.807) is 18.2 Å². The smallest absolute Gasteiger partial charge is 0.333 e. The lowest BCUT2D eigenvalue weighted by Crippen LogP contribution is -2.09. The van der Waals surface area contributed by atoms with Crippen LogP contribution in [0.5, 0.6) is 0 Å². The zero-order valence-corrected chi connectivity index (χ0v) is 17.9. The minimum Gasteiger partial charge on any atom is -0.340 e. The highest BCUT2D eigenvalue weighted by Gasteiger charge is 2.18. The van der Waals surface area contributed by atoms with Crippen molar-refractivity contribution >= 4 is 43.1 Å². The van der Waals surface area contributed by atoms with E-state index in [1.165, 1.54) is 12.3 Å². The molecule has 1 N–H and O–H groups in total. The van der Waals surface area contributed by atoms with Crippen LogP contribution < -0.4 is 5.43 Å². The number of nitrogens with zero attached hydrogens (tertiary/aromatic N) is 2. The van der Waals surface area contributed by atoms with E-state index in [0.29, 0.717) is 38.6 Å². The number of hydrogen-bond acceptors (Lipinski definition) is 4. The van der Waals surface area contributed by atoms with Gasteiger partial charge in [0, 0.05) is 46.9 Å². The maximum absolute atomic E-state index is 13.5. The quantitative estimate of drug-likeness (QED) is 0.326. The average Bonchev–Trinajstić information content (AvgIpc) is 3.16. The number of halogens is 1. The van der Waals surface area contributed by atoms with Crippen LogP contribution in [0.2, 0.25) is 0 Å². The molecule has 0 aliphatic carbocycles. The first-order valence-electron chi connectivity index (χ1n) is 9.64. The van der Waals surface area contributed by atoms with Crippen molar-refractivity contribution in [3.8, 4) is 23.5 Å². The molecule has 32 heavy (non-hydrogen) atoms. The number of nitrogens with one attached hydrogen (secondary N) is 1. The predicted molar refractivity (Wildman–Crippen MR) is 123 cm³/mol. The minimum atomic E-state index is -4.89. The summed E-state index contributed by atoms with van der Waals surface area (Å²) >= 11 is 0. The standard InChI is InChI=1S/C24H16FN3O3S/c1-4-14-5-6-17-20(8-14)27-24-22(17)23(29)19-7-13(2)18(10-21(19)28(24)3)15-9-16(12-26-11-15)32(25,30)31/h1,5-12,27H,2-3H3. The van der Waals surface area contributed by atoms with E-state index in [9.17, 15) is 17.1 Å². The third kappa shape index (κ3) is 2.90. The Morgan fingerprint density at radius 2 is 1.91 bits per heavy atom. The second-order valence-electron chi connectivity index (χ2n) is 7.67. The molecule has 0 atom stereocenters. The molecule has 5 rings (SSSR count). The fourth-order valence-corrected chi connectivity index (χ4v) is 4.63. The van der Waals surface area contributed by atoms with Crippen LogP contribution in [0.1, 0.15) is 11.1 Å². The molecular weight excluding hydrogens is 429 g/mol. The second kappa shape index (κ2) is 6.77. The van der Waals surface area contributed by atoms with E-state index in [1.807, 2.05) is 30.7 Å². The summed E-state index contributed by atoms with van der Waals surface area (Å²) < 4.78 is 38.0. The van der Waals surface area contributed by atoms with Crippen molar-refractivity contribution in [1.82, 2.24) is 14.5 Å². The van der Waals surface area contributed by atoms with Gasteiger partial charge in [0.2, 0.25) is 0 Å². The molecule has 3 heterocycles. The lowest BCUT2D eigenvalue weighted by Gasteiger charge is -2.13. The average molecular weight is 445 g/mol. The van der Waals surface area contributed by atoms with Gasteiger partial charge in [-0.15, -0.1) is 10.3 Å². The predicted octanol–water partition coefficient (Wildman–Crippen LogP) is 4.18. The summed E-state index contributed by atoms with van der Waals surface area (Å²) in [6.45, 7) is 1.81. The maximum Gasteiger partial charge on any atom is 0.333 e. The van der Waals surface area contributed by atoms with E-state index in [0.717, 1.165) is 22.7 Å². The Morgan fingerprint density at radius 3 is 2.62 bits per heavy atom. The first-order valence-corrected chi connectivity index (χ1v) is 11.0. The highest BCUT2D eigenvalue weighted by atomic mass is 32.3. The van der Waals surface area contributed by atoms with Crippen LogP contribution in [-0.4, -0.2) is 23.0 Å². The number of benzene rings is 2. The normalized spacial score (nSPS) is 11.9. The first-order chi connectivity index (χ1) is 15.2. The monoisotopic (exact) mass is 445 g/mol. The molecule has 0 bridgehead atoms. The van der Waals surface area contributed by atoms with Crippen molar-refractivity contribution < 1.29 is 12.3 Å². The van der Waals surface area contributed by atoms with E-state index in [2.05, 4.69) is 15.9 Å². The van der Waals surface area contributed by atoms with E-state index < -0.39 is 15.1 Å². The molecule has 0 amide bonds. The molecule has 0 unspecified atom stereocenters. The van der Waals surface area contributed by atoms with Gasteiger partial charge in [0.1, 0.15) is 10.5 Å². The number of hydrogen-bond donors (Lipinski definition) is 1. The summed E-state index contributed by atoms with van der Waals surface area (Å²) in [6.07, 6.45) is 7.93. The van der Waals surface area contributed by atoms with E-state index in [4.69, 9.17) is 6.42 Å². The Balaban J connectivity index is 1.85. The number of aromatic nitrogens is 3. The van der Waals surface area contributed by atoms with Gasteiger partial charge in [0.05, 0.1) is 10.9 Å². The van der Waals surface area contributed by atoms with Crippen molar-refractivity contribution in [1.29, 1.82) is 0 Å². The number of aromatic amines is 1. The molecule has 0 radical (unpaired) electrons. The molecule has 6 nitrogen and oxygen atoms in total. The largest absolute Gasteiger partial charge is 0.340 e. The van der Waals surface area contributed by atoms with Crippen molar-refractivity contribution in [3.05, 3.63) is 70.1 Å². The highest BCUT2D eigenvalue weighted by molar-refractivity contribution is 7.86. The molecule has 0 saturated carbocycles. The topological polar surface area (TPSA) is 84.8 Å². The van der Waals surface area contributed by atoms with Crippen LogP contribution in [0, 0.1) is 19.3 Å². The van der Waals surface area contributed by atoms with Gasteiger partial charge in [0.15, 0.2) is 5.43 Å².